The number of rotatable bonds is 7. The van der Waals surface area contributed by atoms with Crippen LogP contribution in [-0.2, 0) is 27.9 Å². The number of esters is 1. The summed E-state index contributed by atoms with van der Waals surface area (Å²) in [5, 5.41) is 5.07. The number of carbonyl (C=O) groups is 1. The molecule has 0 fully saturated rings. The zero-order valence-electron chi connectivity index (χ0n) is 19.0. The Balaban J connectivity index is 1.98. The van der Waals surface area contributed by atoms with E-state index in [4.69, 9.17) is 9.72 Å². The molecular weight excluding hydrogens is 424 g/mol. The quantitative estimate of drug-likeness (QED) is 0.306. The van der Waals surface area contributed by atoms with Gasteiger partial charge in [0.15, 0.2) is 5.16 Å². The molecule has 0 saturated heterocycles. The van der Waals surface area contributed by atoms with Crippen LogP contribution in [0.1, 0.15) is 45.2 Å². The van der Waals surface area contributed by atoms with Gasteiger partial charge in [-0.25, -0.2) is 14.1 Å². The molecule has 0 saturated carbocycles. The molecule has 32 heavy (non-hydrogen) atoms. The average molecular weight is 453 g/mol. The molecule has 1 unspecified atom stereocenters. The lowest BCUT2D eigenvalue weighted by Gasteiger charge is -2.35. The predicted octanol–water partition coefficient (Wildman–Crippen LogP) is 4.01. The Hall–Kier alpha value is -2.87. The van der Waals surface area contributed by atoms with Crippen LogP contribution < -0.4 is 5.56 Å². The monoisotopic (exact) mass is 452 g/mol. The molecule has 1 aliphatic carbocycles. The van der Waals surface area contributed by atoms with Crippen molar-refractivity contribution >= 4 is 23.5 Å². The smallest absolute Gasteiger partial charge is 0.316 e. The van der Waals surface area contributed by atoms with E-state index in [1.54, 1.807) is 16.0 Å². The first-order chi connectivity index (χ1) is 15.3. The van der Waals surface area contributed by atoms with Crippen LogP contribution in [-0.4, -0.2) is 37.5 Å². The first-order valence-corrected chi connectivity index (χ1v) is 11.8. The highest BCUT2D eigenvalue weighted by molar-refractivity contribution is 7.99. The van der Waals surface area contributed by atoms with E-state index in [2.05, 4.69) is 31.6 Å². The van der Waals surface area contributed by atoms with E-state index < -0.39 is 0 Å². The molecule has 8 heteroatoms. The maximum absolute atomic E-state index is 14.0. The number of aromatic nitrogens is 4. The van der Waals surface area contributed by atoms with Gasteiger partial charge >= 0.3 is 5.97 Å². The highest BCUT2D eigenvalue weighted by atomic mass is 32.2. The van der Waals surface area contributed by atoms with Crippen LogP contribution in [0.5, 0.6) is 0 Å². The van der Waals surface area contributed by atoms with Gasteiger partial charge in [-0.05, 0) is 32.3 Å². The second kappa shape index (κ2) is 8.58. The van der Waals surface area contributed by atoms with E-state index in [1.165, 1.54) is 17.3 Å². The normalized spacial score (nSPS) is 17.1. The maximum Gasteiger partial charge on any atom is 0.316 e. The van der Waals surface area contributed by atoms with Crippen LogP contribution >= 0.6 is 11.8 Å². The van der Waals surface area contributed by atoms with Crippen LogP contribution in [0.2, 0.25) is 0 Å². The summed E-state index contributed by atoms with van der Waals surface area (Å²) < 4.78 is 8.29. The second-order valence-electron chi connectivity index (χ2n) is 8.52. The van der Waals surface area contributed by atoms with Crippen molar-refractivity contribution in [3.05, 3.63) is 57.9 Å². The third-order valence-electron chi connectivity index (χ3n) is 5.98. The van der Waals surface area contributed by atoms with Crippen molar-refractivity contribution in [1.82, 2.24) is 19.2 Å². The van der Waals surface area contributed by atoms with Crippen LogP contribution in [0.3, 0.4) is 0 Å². The van der Waals surface area contributed by atoms with Crippen molar-refractivity contribution in [2.75, 3.05) is 12.4 Å². The first-order valence-electron chi connectivity index (χ1n) is 10.8. The fourth-order valence-electron chi connectivity index (χ4n) is 4.28. The molecule has 2 aromatic heterocycles. The summed E-state index contributed by atoms with van der Waals surface area (Å²) in [6, 6.07) is 8.15. The van der Waals surface area contributed by atoms with Crippen molar-refractivity contribution in [2.24, 2.45) is 0 Å². The second-order valence-corrected chi connectivity index (χ2v) is 9.46. The van der Waals surface area contributed by atoms with Gasteiger partial charge in [0, 0.05) is 11.0 Å². The van der Waals surface area contributed by atoms with E-state index in [1.807, 2.05) is 25.1 Å². The summed E-state index contributed by atoms with van der Waals surface area (Å²) in [6.07, 6.45) is 1.59. The molecule has 0 aliphatic heterocycles. The van der Waals surface area contributed by atoms with E-state index >= 15 is 0 Å². The Kier molecular flexibility index (Phi) is 5.99. The van der Waals surface area contributed by atoms with Gasteiger partial charge in [0.25, 0.3) is 5.56 Å². The standard InChI is InChI=1S/C24H28N4O3S/c1-6-24(5)12-16-10-8-9-11-17(16)20-19(24)21(30)28-22(25-20)27(13-15(3)4)26-23(28)32-14-18(29)31-7-2/h8-11H,3,6-7,12-14H2,1-2,4-5H3. The van der Waals surface area contributed by atoms with Gasteiger partial charge in [-0.1, -0.05) is 62.0 Å². The molecule has 168 valence electrons. The molecule has 1 aromatic carbocycles. The van der Waals surface area contributed by atoms with Crippen molar-refractivity contribution in [3.63, 3.8) is 0 Å². The fourth-order valence-corrected chi connectivity index (χ4v) is 5.06. The van der Waals surface area contributed by atoms with Gasteiger partial charge in [-0.2, -0.15) is 0 Å². The SMILES string of the molecule is C=C(C)Cn1nc(SCC(=O)OCC)n2c(=O)c3c(nc12)-c1ccccc1CC3(C)CC. The summed E-state index contributed by atoms with van der Waals surface area (Å²) in [4.78, 5) is 30.9. The van der Waals surface area contributed by atoms with Crippen molar-refractivity contribution in [3.8, 4) is 11.3 Å². The summed E-state index contributed by atoms with van der Waals surface area (Å²) in [5.74, 6) is 0.189. The van der Waals surface area contributed by atoms with Gasteiger partial charge < -0.3 is 4.74 Å². The number of carbonyl (C=O) groups excluding carboxylic acids is 1. The highest BCUT2D eigenvalue weighted by Gasteiger charge is 2.38. The van der Waals surface area contributed by atoms with Crippen LogP contribution in [0.25, 0.3) is 17.0 Å². The Morgan fingerprint density at radius 3 is 2.75 bits per heavy atom. The fraction of sp³-hybridized carbons (Fsp3) is 0.417. The lowest BCUT2D eigenvalue weighted by atomic mass is 9.69. The maximum atomic E-state index is 14.0. The summed E-state index contributed by atoms with van der Waals surface area (Å²) in [5.41, 5.74) is 4.07. The molecule has 4 rings (SSSR count). The van der Waals surface area contributed by atoms with Crippen molar-refractivity contribution in [1.29, 1.82) is 0 Å². The van der Waals surface area contributed by atoms with Gasteiger partial charge in [-0.15, -0.1) is 5.10 Å². The molecule has 1 aliphatic rings. The molecule has 2 heterocycles. The van der Waals surface area contributed by atoms with Gasteiger partial charge in [0.1, 0.15) is 0 Å². The number of nitrogens with zero attached hydrogens (tertiary/aromatic N) is 4. The largest absolute Gasteiger partial charge is 0.465 e. The summed E-state index contributed by atoms with van der Waals surface area (Å²) in [6.45, 7) is 12.6. The lowest BCUT2D eigenvalue weighted by Crippen LogP contribution is -2.38. The third kappa shape index (κ3) is 3.77. The number of benzene rings is 1. The Bertz CT molecular complexity index is 1280. The van der Waals surface area contributed by atoms with Crippen molar-refractivity contribution in [2.45, 2.75) is 57.7 Å². The van der Waals surface area contributed by atoms with E-state index in [9.17, 15) is 9.59 Å². The number of thioether (sulfide) groups is 1. The average Bonchev–Trinajstić information content (AvgIpc) is 3.09. The number of hydrogen-bond donors (Lipinski definition) is 0. The zero-order valence-corrected chi connectivity index (χ0v) is 19.8. The van der Waals surface area contributed by atoms with Crippen molar-refractivity contribution < 1.29 is 9.53 Å². The first kappa shape index (κ1) is 22.3. The van der Waals surface area contributed by atoms with Gasteiger partial charge in [-0.3, -0.25) is 9.59 Å². The minimum Gasteiger partial charge on any atom is -0.465 e. The number of hydrogen-bond acceptors (Lipinski definition) is 6. The predicted molar refractivity (Wildman–Crippen MR) is 126 cm³/mol. The van der Waals surface area contributed by atoms with E-state index in [0.717, 1.165) is 29.7 Å². The van der Waals surface area contributed by atoms with Crippen LogP contribution in [0.4, 0.5) is 0 Å². The minimum absolute atomic E-state index is 0.0738. The van der Waals surface area contributed by atoms with Crippen LogP contribution in [0, 0.1) is 0 Å². The molecule has 0 bridgehead atoms. The third-order valence-corrected chi connectivity index (χ3v) is 6.88. The molecule has 7 nitrogen and oxygen atoms in total. The zero-order chi connectivity index (χ0) is 23.0. The molecular formula is C24H28N4O3S. The van der Waals surface area contributed by atoms with E-state index in [-0.39, 0.29) is 22.7 Å². The van der Waals surface area contributed by atoms with Gasteiger partial charge in [0.2, 0.25) is 5.78 Å². The number of allylic oxidation sites excluding steroid dienone is 1. The van der Waals surface area contributed by atoms with Crippen LogP contribution in [0.15, 0.2) is 46.4 Å². The molecule has 0 spiro atoms. The highest BCUT2D eigenvalue weighted by Crippen LogP contribution is 2.42. The number of fused-ring (bicyclic) bond motifs is 4. The molecule has 0 amide bonds. The van der Waals surface area contributed by atoms with E-state index in [0.29, 0.717) is 29.6 Å². The Labute approximate surface area is 191 Å². The summed E-state index contributed by atoms with van der Waals surface area (Å²) >= 11 is 1.19. The van der Waals surface area contributed by atoms with Gasteiger partial charge in [0.05, 0.1) is 30.2 Å². The molecule has 1 atom stereocenters. The Morgan fingerprint density at radius 2 is 2.06 bits per heavy atom. The minimum atomic E-state index is -0.341. The molecule has 3 aromatic rings. The topological polar surface area (TPSA) is 78.5 Å². The summed E-state index contributed by atoms with van der Waals surface area (Å²) in [7, 11) is 0. The number of ether oxygens (including phenoxy) is 1. The Morgan fingerprint density at radius 1 is 1.31 bits per heavy atom. The molecule has 0 N–H and O–H groups in total. The lowest BCUT2D eigenvalue weighted by molar-refractivity contribution is -0.139. The molecule has 0 radical (unpaired) electrons.